The molecule has 2 aliphatic rings. The summed E-state index contributed by atoms with van der Waals surface area (Å²) in [5.41, 5.74) is 2.17. The number of aromatic amines is 1. The molecule has 27 heavy (non-hydrogen) atoms. The van der Waals surface area contributed by atoms with Crippen molar-refractivity contribution >= 4 is 11.7 Å². The summed E-state index contributed by atoms with van der Waals surface area (Å²) in [5.74, 6) is 0. The number of hydrogen-bond acceptors (Lipinski definition) is 5. The highest BCUT2D eigenvalue weighted by molar-refractivity contribution is 5.69. The van der Waals surface area contributed by atoms with Gasteiger partial charge in [-0.15, -0.1) is 0 Å². The molecule has 0 aliphatic carbocycles. The number of fused-ring (bicyclic) bond motifs is 2. The minimum atomic E-state index is -0.545. The van der Waals surface area contributed by atoms with Gasteiger partial charge in [0.15, 0.2) is 5.65 Å². The van der Waals surface area contributed by atoms with E-state index in [0.717, 1.165) is 25.0 Å². The molecule has 0 bridgehead atoms. The van der Waals surface area contributed by atoms with Crippen molar-refractivity contribution in [3.05, 3.63) is 33.4 Å². The van der Waals surface area contributed by atoms with E-state index in [1.807, 2.05) is 26.8 Å². The molecule has 2 aliphatic heterocycles. The molecule has 1 amide bonds. The van der Waals surface area contributed by atoms with Gasteiger partial charge in [0.2, 0.25) is 0 Å². The Bertz CT molecular complexity index is 924. The number of aromatic nitrogens is 3. The van der Waals surface area contributed by atoms with Crippen LogP contribution < -0.4 is 5.56 Å². The number of nitrogens with one attached hydrogen (secondary N) is 1. The number of likely N-dealkylation sites (tertiary alicyclic amines) is 1. The monoisotopic (exact) mass is 374 g/mol. The zero-order valence-corrected chi connectivity index (χ0v) is 16.1. The molecular weight excluding hydrogens is 348 g/mol. The third-order valence-electron chi connectivity index (χ3n) is 5.04. The Balaban J connectivity index is 1.70. The number of amides is 1. The Morgan fingerprint density at radius 3 is 2.96 bits per heavy atom. The van der Waals surface area contributed by atoms with Crippen LogP contribution in [0.3, 0.4) is 0 Å². The maximum atomic E-state index is 12.8. The van der Waals surface area contributed by atoms with Crippen LogP contribution in [0.15, 0.2) is 10.9 Å². The smallest absolute Gasteiger partial charge is 0.410 e. The van der Waals surface area contributed by atoms with Crippen LogP contribution in [0.25, 0.3) is 5.65 Å². The third-order valence-corrected chi connectivity index (χ3v) is 5.04. The Kier molecular flexibility index (Phi) is 4.46. The average Bonchev–Trinajstić information content (AvgIpc) is 3.05. The predicted molar refractivity (Wildman–Crippen MR) is 98.7 cm³/mol. The zero-order valence-electron chi connectivity index (χ0n) is 16.1. The Morgan fingerprint density at radius 2 is 2.19 bits per heavy atom. The van der Waals surface area contributed by atoms with Crippen molar-refractivity contribution in [3.8, 4) is 0 Å². The quantitative estimate of drug-likeness (QED) is 0.829. The van der Waals surface area contributed by atoms with Crippen LogP contribution in [0, 0.1) is 0 Å². The topological polar surface area (TPSA) is 88.9 Å². The van der Waals surface area contributed by atoms with E-state index in [-0.39, 0.29) is 17.7 Å². The summed E-state index contributed by atoms with van der Waals surface area (Å²) in [4.78, 5) is 31.8. The number of carbonyl (C=O) groups is 1. The number of rotatable bonds is 1. The molecule has 8 heteroatoms. The number of hydrogen-bond donors (Lipinski definition) is 1. The molecule has 1 N–H and O–H groups in total. The van der Waals surface area contributed by atoms with Crippen LogP contribution in [0.5, 0.6) is 0 Å². The van der Waals surface area contributed by atoms with Crippen molar-refractivity contribution in [3.63, 3.8) is 0 Å². The van der Waals surface area contributed by atoms with Crippen LogP contribution in [0.1, 0.15) is 63.0 Å². The number of H-pyrrole nitrogens is 1. The molecule has 1 unspecified atom stereocenters. The van der Waals surface area contributed by atoms with Crippen molar-refractivity contribution in [1.29, 1.82) is 0 Å². The van der Waals surface area contributed by atoms with Gasteiger partial charge < -0.3 is 9.47 Å². The van der Waals surface area contributed by atoms with E-state index in [0.29, 0.717) is 43.1 Å². The van der Waals surface area contributed by atoms with Crippen LogP contribution in [0.2, 0.25) is 0 Å². The molecule has 4 rings (SSSR count). The lowest BCUT2D eigenvalue weighted by Crippen LogP contribution is -2.42. The number of piperidine rings is 1. The van der Waals surface area contributed by atoms with Gasteiger partial charge >= 0.3 is 6.09 Å². The van der Waals surface area contributed by atoms with Crippen molar-refractivity contribution in [1.82, 2.24) is 19.5 Å². The lowest BCUT2D eigenvalue weighted by molar-refractivity contribution is 0.00897. The van der Waals surface area contributed by atoms with Gasteiger partial charge in [0.1, 0.15) is 5.60 Å². The molecule has 0 spiro atoms. The second-order valence-corrected chi connectivity index (χ2v) is 8.24. The molecule has 1 fully saturated rings. The van der Waals surface area contributed by atoms with Gasteiger partial charge in [0.25, 0.3) is 5.56 Å². The summed E-state index contributed by atoms with van der Waals surface area (Å²) >= 11 is 0. The highest BCUT2D eigenvalue weighted by Crippen LogP contribution is 2.32. The molecule has 0 radical (unpaired) electrons. The van der Waals surface area contributed by atoms with E-state index in [4.69, 9.17) is 9.47 Å². The maximum Gasteiger partial charge on any atom is 0.410 e. The molecule has 1 saturated heterocycles. The van der Waals surface area contributed by atoms with Crippen LogP contribution >= 0.6 is 0 Å². The standard InChI is InChI=1S/C19H26N4O4/c1-19(2,3)27-18(25)22-8-5-4-6-15(22)13-10-16-20-14-11-26-9-7-12(14)17(24)23(16)21-13/h10,15,21H,4-9,11H2,1-3H3. The summed E-state index contributed by atoms with van der Waals surface area (Å²) in [6.45, 7) is 7.14. The van der Waals surface area contributed by atoms with Crippen molar-refractivity contribution in [2.24, 2.45) is 0 Å². The first kappa shape index (κ1) is 18.0. The number of ether oxygens (including phenoxy) is 2. The molecule has 0 aromatic carbocycles. The Hall–Kier alpha value is -2.35. The highest BCUT2D eigenvalue weighted by atomic mass is 16.6. The zero-order chi connectivity index (χ0) is 19.2. The Labute approximate surface area is 157 Å². The molecule has 2 aromatic heterocycles. The highest BCUT2D eigenvalue weighted by Gasteiger charge is 2.33. The first-order valence-corrected chi connectivity index (χ1v) is 9.54. The molecular formula is C19H26N4O4. The third kappa shape index (κ3) is 3.45. The lowest BCUT2D eigenvalue weighted by Gasteiger charge is -2.36. The SMILES string of the molecule is CC(C)(C)OC(=O)N1CCCCC1c1cc2nc3c(c(=O)n2[nH]1)CCOC3. The minimum absolute atomic E-state index is 0.0795. The summed E-state index contributed by atoms with van der Waals surface area (Å²) < 4.78 is 12.5. The fraction of sp³-hybridized carbons (Fsp3) is 0.632. The fourth-order valence-corrected chi connectivity index (χ4v) is 3.80. The predicted octanol–water partition coefficient (Wildman–Crippen LogP) is 2.56. The number of nitrogens with zero attached hydrogens (tertiary/aromatic N) is 3. The second kappa shape index (κ2) is 6.67. The van der Waals surface area contributed by atoms with Crippen molar-refractivity contribution in [2.45, 2.75) is 64.7 Å². The molecule has 2 aromatic rings. The van der Waals surface area contributed by atoms with Gasteiger partial charge in [-0.05, 0) is 40.0 Å². The number of carbonyl (C=O) groups excluding carboxylic acids is 1. The lowest BCUT2D eigenvalue weighted by atomic mass is 10.00. The summed E-state index contributed by atoms with van der Waals surface area (Å²) in [7, 11) is 0. The van der Waals surface area contributed by atoms with Gasteiger partial charge in [-0.1, -0.05) is 0 Å². The minimum Gasteiger partial charge on any atom is -0.444 e. The van der Waals surface area contributed by atoms with Crippen LogP contribution in [-0.2, 0) is 22.5 Å². The largest absolute Gasteiger partial charge is 0.444 e. The normalized spacial score (nSPS) is 20.6. The van der Waals surface area contributed by atoms with E-state index in [1.165, 1.54) is 4.52 Å². The van der Waals surface area contributed by atoms with E-state index in [2.05, 4.69) is 10.1 Å². The van der Waals surface area contributed by atoms with E-state index < -0.39 is 5.60 Å². The molecule has 146 valence electrons. The summed E-state index contributed by atoms with van der Waals surface area (Å²) in [6.07, 6.45) is 3.04. The summed E-state index contributed by atoms with van der Waals surface area (Å²) in [5, 5.41) is 3.18. The molecule has 4 heterocycles. The van der Waals surface area contributed by atoms with Gasteiger partial charge in [-0.3, -0.25) is 14.8 Å². The fourth-order valence-electron chi connectivity index (χ4n) is 3.80. The summed E-state index contributed by atoms with van der Waals surface area (Å²) in [6, 6.07) is 1.71. The van der Waals surface area contributed by atoms with E-state index in [1.54, 1.807) is 4.90 Å². The van der Waals surface area contributed by atoms with Gasteiger partial charge in [-0.25, -0.2) is 14.3 Å². The van der Waals surface area contributed by atoms with Crippen molar-refractivity contribution in [2.75, 3.05) is 13.2 Å². The first-order chi connectivity index (χ1) is 12.8. The van der Waals surface area contributed by atoms with Gasteiger partial charge in [-0.2, -0.15) is 0 Å². The average molecular weight is 374 g/mol. The van der Waals surface area contributed by atoms with E-state index in [9.17, 15) is 9.59 Å². The van der Waals surface area contributed by atoms with Gasteiger partial charge in [0, 0.05) is 24.6 Å². The van der Waals surface area contributed by atoms with Crippen LogP contribution in [0.4, 0.5) is 4.79 Å². The molecule has 0 saturated carbocycles. The first-order valence-electron chi connectivity index (χ1n) is 9.54. The molecule has 8 nitrogen and oxygen atoms in total. The van der Waals surface area contributed by atoms with Gasteiger partial charge in [0.05, 0.1) is 30.6 Å². The maximum absolute atomic E-state index is 12.8. The van der Waals surface area contributed by atoms with E-state index >= 15 is 0 Å². The Morgan fingerprint density at radius 1 is 1.37 bits per heavy atom. The van der Waals surface area contributed by atoms with Crippen molar-refractivity contribution < 1.29 is 14.3 Å². The van der Waals surface area contributed by atoms with Crippen LogP contribution in [-0.4, -0.2) is 44.3 Å². The molecule has 1 atom stereocenters. The second-order valence-electron chi connectivity index (χ2n) is 8.24.